The van der Waals surface area contributed by atoms with Crippen molar-refractivity contribution in [2.45, 2.75) is 12.3 Å². The molecule has 0 unspecified atom stereocenters. The molecule has 0 aliphatic heterocycles. The molecule has 0 nitrogen and oxygen atoms in total. The number of rotatable bonds is 3. The van der Waals surface area contributed by atoms with Gasteiger partial charge in [-0.2, -0.15) is 0 Å². The van der Waals surface area contributed by atoms with Crippen LogP contribution < -0.4 is 0 Å². The molecule has 1 aliphatic rings. The molecule has 0 fully saturated rings. The molecule has 5 aromatic carbocycles. The molecule has 0 amide bonds. The zero-order valence-corrected chi connectivity index (χ0v) is 21.9. The summed E-state index contributed by atoms with van der Waals surface area (Å²) in [6, 6.07) is 42.0. The molecule has 0 saturated heterocycles. The lowest BCUT2D eigenvalue weighted by molar-refractivity contribution is 0.760. The first kappa shape index (κ1) is 21.6. The van der Waals surface area contributed by atoms with Gasteiger partial charge in [-0.25, -0.2) is 0 Å². The molecule has 6 rings (SSSR count). The van der Waals surface area contributed by atoms with Crippen molar-refractivity contribution >= 4 is 31.9 Å². The van der Waals surface area contributed by atoms with Crippen LogP contribution >= 0.6 is 31.9 Å². The molecule has 5 aromatic rings. The van der Waals surface area contributed by atoms with Gasteiger partial charge in [-0.15, -0.1) is 0 Å². The van der Waals surface area contributed by atoms with E-state index in [0.717, 1.165) is 8.95 Å². The maximum absolute atomic E-state index is 3.77. The third-order valence-corrected chi connectivity index (χ3v) is 8.02. The molecule has 0 N–H and O–H groups in total. The van der Waals surface area contributed by atoms with Crippen LogP contribution in [0.4, 0.5) is 0 Å². The Bertz CT molecular complexity index is 1460. The summed E-state index contributed by atoms with van der Waals surface area (Å²) in [4.78, 5) is 0. The molecule has 0 bridgehead atoms. The van der Waals surface area contributed by atoms with Crippen molar-refractivity contribution in [3.8, 4) is 22.3 Å². The number of fused-ring (bicyclic) bond motifs is 3. The Morgan fingerprint density at radius 1 is 0.500 bits per heavy atom. The molecule has 0 atom stereocenters. The van der Waals surface area contributed by atoms with Crippen LogP contribution in [0, 0.1) is 6.92 Å². The van der Waals surface area contributed by atoms with Gasteiger partial charge in [0.1, 0.15) is 0 Å². The Morgan fingerprint density at radius 2 is 1.03 bits per heavy atom. The highest BCUT2D eigenvalue weighted by molar-refractivity contribution is 9.10. The van der Waals surface area contributed by atoms with Gasteiger partial charge < -0.3 is 0 Å². The van der Waals surface area contributed by atoms with Crippen molar-refractivity contribution < 1.29 is 0 Å². The molecule has 34 heavy (non-hydrogen) atoms. The first-order valence-corrected chi connectivity index (χ1v) is 13.0. The summed E-state index contributed by atoms with van der Waals surface area (Å²) in [6.07, 6.45) is 0. The lowest BCUT2D eigenvalue weighted by atomic mass is 9.66. The smallest absolute Gasteiger partial charge is 0.0622 e. The van der Waals surface area contributed by atoms with E-state index < -0.39 is 5.41 Å². The predicted molar refractivity (Wildman–Crippen MR) is 149 cm³/mol. The Morgan fingerprint density at radius 3 is 1.62 bits per heavy atom. The Balaban J connectivity index is 1.71. The van der Waals surface area contributed by atoms with E-state index >= 15 is 0 Å². The van der Waals surface area contributed by atoms with Gasteiger partial charge >= 0.3 is 0 Å². The van der Waals surface area contributed by atoms with Gasteiger partial charge in [0.15, 0.2) is 0 Å². The highest BCUT2D eigenvalue weighted by Crippen LogP contribution is 2.57. The summed E-state index contributed by atoms with van der Waals surface area (Å²) in [6.45, 7) is 2.23. The summed E-state index contributed by atoms with van der Waals surface area (Å²) >= 11 is 7.54. The van der Waals surface area contributed by atoms with Crippen molar-refractivity contribution in [1.82, 2.24) is 0 Å². The van der Waals surface area contributed by atoms with E-state index in [2.05, 4.69) is 154 Å². The minimum absolute atomic E-state index is 0.404. The lowest BCUT2D eigenvalue weighted by Gasteiger charge is -2.35. The fourth-order valence-corrected chi connectivity index (χ4v) is 6.28. The van der Waals surface area contributed by atoms with Gasteiger partial charge in [-0.05, 0) is 81.3 Å². The molecule has 2 heteroatoms. The second-order valence-corrected chi connectivity index (χ2v) is 10.7. The maximum Gasteiger partial charge on any atom is 0.0716 e. The average molecular weight is 566 g/mol. The van der Waals surface area contributed by atoms with Crippen LogP contribution in [0.2, 0.25) is 0 Å². The summed E-state index contributed by atoms with van der Waals surface area (Å²) in [5.74, 6) is 0. The van der Waals surface area contributed by atoms with Crippen molar-refractivity contribution in [2.75, 3.05) is 0 Å². The number of halogens is 2. The topological polar surface area (TPSA) is 0 Å². The normalized spacial score (nSPS) is 13.4. The number of hydrogen-bond donors (Lipinski definition) is 0. The molecular weight excluding hydrogens is 544 g/mol. The monoisotopic (exact) mass is 564 g/mol. The molecule has 1 aliphatic carbocycles. The number of benzene rings is 5. The SMILES string of the molecule is Cc1ccccc1C1(c2ccc(-c3ccccc3)cc2)c2cc(Br)ccc2-c2ccc(Br)cc21. The van der Waals surface area contributed by atoms with Crippen molar-refractivity contribution in [1.29, 1.82) is 0 Å². The third-order valence-electron chi connectivity index (χ3n) is 7.04. The standard InChI is InChI=1S/C32H22Br2/c1-21-7-5-6-10-29(21)32(24-13-11-23(12-14-24)22-8-3-2-4-9-22)30-19-25(33)15-17-27(30)28-18-16-26(34)20-31(28)32/h2-20H,1H3. The third kappa shape index (κ3) is 3.24. The van der Waals surface area contributed by atoms with Crippen LogP contribution in [-0.4, -0.2) is 0 Å². The fraction of sp³-hybridized carbons (Fsp3) is 0.0625. The average Bonchev–Trinajstić information content (AvgIpc) is 3.14. The van der Waals surface area contributed by atoms with Gasteiger partial charge in [0.2, 0.25) is 0 Å². The van der Waals surface area contributed by atoms with E-state index in [-0.39, 0.29) is 0 Å². The van der Waals surface area contributed by atoms with Crippen LogP contribution in [0.5, 0.6) is 0 Å². The molecule has 0 aromatic heterocycles. The summed E-state index contributed by atoms with van der Waals surface area (Å²) in [5.41, 5.74) is 11.2. The van der Waals surface area contributed by atoms with Gasteiger partial charge in [0.05, 0.1) is 5.41 Å². The van der Waals surface area contributed by atoms with Gasteiger partial charge in [0.25, 0.3) is 0 Å². The van der Waals surface area contributed by atoms with Crippen molar-refractivity contribution in [3.05, 3.63) is 152 Å². The molecule has 0 heterocycles. The summed E-state index contributed by atoms with van der Waals surface area (Å²) in [5, 5.41) is 0. The van der Waals surface area contributed by atoms with E-state index in [1.165, 1.54) is 50.1 Å². The van der Waals surface area contributed by atoms with E-state index in [1.54, 1.807) is 0 Å². The van der Waals surface area contributed by atoms with Gasteiger partial charge in [-0.1, -0.05) is 123 Å². The molecule has 0 saturated carbocycles. The highest BCUT2D eigenvalue weighted by Gasteiger charge is 2.47. The molecule has 0 spiro atoms. The van der Waals surface area contributed by atoms with Crippen LogP contribution in [-0.2, 0) is 5.41 Å². The van der Waals surface area contributed by atoms with Crippen LogP contribution in [0.25, 0.3) is 22.3 Å². The molecule has 164 valence electrons. The maximum atomic E-state index is 3.77. The quantitative estimate of drug-likeness (QED) is 0.200. The number of hydrogen-bond acceptors (Lipinski definition) is 0. The Kier molecular flexibility index (Phi) is 5.32. The first-order valence-electron chi connectivity index (χ1n) is 11.4. The minimum atomic E-state index is -0.404. The summed E-state index contributed by atoms with van der Waals surface area (Å²) < 4.78 is 2.19. The highest BCUT2D eigenvalue weighted by atomic mass is 79.9. The first-order chi connectivity index (χ1) is 16.6. The zero-order valence-electron chi connectivity index (χ0n) is 18.7. The van der Waals surface area contributed by atoms with Crippen LogP contribution in [0.15, 0.2) is 124 Å². The van der Waals surface area contributed by atoms with Crippen LogP contribution in [0.3, 0.4) is 0 Å². The van der Waals surface area contributed by atoms with E-state index in [1.807, 2.05) is 0 Å². The van der Waals surface area contributed by atoms with E-state index in [4.69, 9.17) is 0 Å². The summed E-state index contributed by atoms with van der Waals surface area (Å²) in [7, 11) is 0. The van der Waals surface area contributed by atoms with E-state index in [9.17, 15) is 0 Å². The second-order valence-electron chi connectivity index (χ2n) is 8.89. The van der Waals surface area contributed by atoms with Gasteiger partial charge in [-0.3, -0.25) is 0 Å². The fourth-order valence-electron chi connectivity index (χ4n) is 5.56. The second kappa shape index (κ2) is 8.37. The molecule has 0 radical (unpaired) electrons. The Hall–Kier alpha value is -2.94. The van der Waals surface area contributed by atoms with E-state index in [0.29, 0.717) is 0 Å². The largest absolute Gasteiger partial charge is 0.0716 e. The van der Waals surface area contributed by atoms with Gasteiger partial charge in [0, 0.05) is 8.95 Å². The lowest BCUT2D eigenvalue weighted by Crippen LogP contribution is -2.29. The van der Waals surface area contributed by atoms with Crippen molar-refractivity contribution in [2.24, 2.45) is 0 Å². The zero-order chi connectivity index (χ0) is 23.3. The Labute approximate surface area is 217 Å². The molecular formula is C32H22Br2. The van der Waals surface area contributed by atoms with Crippen LogP contribution in [0.1, 0.15) is 27.8 Å². The number of aryl methyl sites for hydroxylation is 1. The predicted octanol–water partition coefficient (Wildman–Crippen LogP) is 9.55. The van der Waals surface area contributed by atoms with Crippen molar-refractivity contribution in [3.63, 3.8) is 0 Å². The minimum Gasteiger partial charge on any atom is -0.0622 e.